The maximum absolute atomic E-state index is 12.1. The highest BCUT2D eigenvalue weighted by Crippen LogP contribution is 2.21. The second kappa shape index (κ2) is 8.09. The molecule has 0 saturated heterocycles. The van der Waals surface area contributed by atoms with Gasteiger partial charge in [-0.25, -0.2) is 4.79 Å². The van der Waals surface area contributed by atoms with Gasteiger partial charge >= 0.3 is 5.97 Å². The van der Waals surface area contributed by atoms with Gasteiger partial charge in [-0.1, -0.05) is 20.3 Å². The molecule has 1 aromatic carbocycles. The monoisotopic (exact) mass is 291 g/mol. The van der Waals surface area contributed by atoms with E-state index in [2.05, 4.69) is 19.2 Å². The van der Waals surface area contributed by atoms with Crippen LogP contribution in [0.2, 0.25) is 0 Å². The lowest BCUT2D eigenvalue weighted by atomic mass is 10.1. The van der Waals surface area contributed by atoms with Crippen molar-refractivity contribution in [3.05, 3.63) is 35.4 Å². The highest BCUT2D eigenvalue weighted by atomic mass is 16.5. The third kappa shape index (κ3) is 5.30. The molecule has 1 unspecified atom stereocenters. The molecule has 2 N–H and O–H groups in total. The average molecular weight is 291 g/mol. The van der Waals surface area contributed by atoms with Crippen LogP contribution in [0.25, 0.3) is 6.08 Å². The summed E-state index contributed by atoms with van der Waals surface area (Å²) in [5.74, 6) is -0.295. The molecule has 1 amide bonds. The third-order valence-corrected chi connectivity index (χ3v) is 3.21. The topological polar surface area (TPSA) is 75.6 Å². The molecular weight excluding hydrogens is 270 g/mol. The first-order valence-electron chi connectivity index (χ1n) is 6.85. The summed E-state index contributed by atoms with van der Waals surface area (Å²) in [5, 5.41) is 11.5. The van der Waals surface area contributed by atoms with Crippen molar-refractivity contribution >= 4 is 18.0 Å². The number of methoxy groups -OCH3 is 1. The molecule has 0 radical (unpaired) electrons. The molecule has 0 aromatic heterocycles. The van der Waals surface area contributed by atoms with Gasteiger partial charge in [0.15, 0.2) is 0 Å². The van der Waals surface area contributed by atoms with Gasteiger partial charge in [-0.05, 0) is 30.2 Å². The van der Waals surface area contributed by atoms with E-state index in [1.54, 1.807) is 18.2 Å². The molecule has 5 nitrogen and oxygen atoms in total. The Morgan fingerprint density at radius 2 is 2.14 bits per heavy atom. The molecule has 1 atom stereocenters. The highest BCUT2D eigenvalue weighted by Gasteiger charge is 2.10. The number of rotatable bonds is 7. The van der Waals surface area contributed by atoms with Crippen molar-refractivity contribution in [2.75, 3.05) is 13.7 Å². The van der Waals surface area contributed by atoms with Crippen molar-refractivity contribution in [1.82, 2.24) is 5.32 Å². The molecule has 0 spiro atoms. The Bertz CT molecular complexity index is 537. The molecule has 0 bridgehead atoms. The van der Waals surface area contributed by atoms with Gasteiger partial charge in [0.05, 0.1) is 7.11 Å². The Balaban J connectivity index is 2.91. The van der Waals surface area contributed by atoms with Gasteiger partial charge in [0.1, 0.15) is 5.75 Å². The number of ether oxygens (including phenoxy) is 1. The van der Waals surface area contributed by atoms with Crippen LogP contribution in [0.1, 0.15) is 36.2 Å². The van der Waals surface area contributed by atoms with Gasteiger partial charge in [0.25, 0.3) is 5.91 Å². The standard InChI is InChI=1S/C16H21NO4/c1-4-11(2)10-17-16(20)13-5-7-14(21-3)12(9-13)6-8-15(18)19/h5-9,11H,4,10H2,1-3H3,(H,17,20)(H,18,19). The molecular formula is C16H21NO4. The molecule has 114 valence electrons. The Morgan fingerprint density at radius 3 is 2.71 bits per heavy atom. The minimum Gasteiger partial charge on any atom is -0.496 e. The van der Waals surface area contributed by atoms with E-state index < -0.39 is 5.97 Å². The maximum Gasteiger partial charge on any atom is 0.328 e. The van der Waals surface area contributed by atoms with Crippen molar-refractivity contribution in [3.8, 4) is 5.75 Å². The van der Waals surface area contributed by atoms with Gasteiger partial charge in [0, 0.05) is 23.7 Å². The fraction of sp³-hybridized carbons (Fsp3) is 0.375. The summed E-state index contributed by atoms with van der Waals surface area (Å²) in [5.41, 5.74) is 1.03. The van der Waals surface area contributed by atoms with E-state index in [1.165, 1.54) is 13.2 Å². The van der Waals surface area contributed by atoms with Crippen LogP contribution < -0.4 is 10.1 Å². The van der Waals surface area contributed by atoms with Crippen LogP contribution in [0.5, 0.6) is 5.75 Å². The number of carbonyl (C=O) groups is 2. The zero-order valence-corrected chi connectivity index (χ0v) is 12.6. The summed E-state index contributed by atoms with van der Waals surface area (Å²) in [7, 11) is 1.50. The average Bonchev–Trinajstić information content (AvgIpc) is 2.49. The Morgan fingerprint density at radius 1 is 1.43 bits per heavy atom. The predicted molar refractivity (Wildman–Crippen MR) is 81.5 cm³/mol. The third-order valence-electron chi connectivity index (χ3n) is 3.21. The molecule has 0 aliphatic heterocycles. The largest absolute Gasteiger partial charge is 0.496 e. The van der Waals surface area contributed by atoms with E-state index in [9.17, 15) is 9.59 Å². The summed E-state index contributed by atoms with van der Waals surface area (Å²) in [6.07, 6.45) is 3.42. The number of hydrogen-bond acceptors (Lipinski definition) is 3. The zero-order chi connectivity index (χ0) is 15.8. The van der Waals surface area contributed by atoms with Gasteiger partial charge in [-0.2, -0.15) is 0 Å². The van der Waals surface area contributed by atoms with Crippen molar-refractivity contribution in [2.24, 2.45) is 5.92 Å². The summed E-state index contributed by atoms with van der Waals surface area (Å²) in [4.78, 5) is 22.7. The van der Waals surface area contributed by atoms with E-state index in [4.69, 9.17) is 9.84 Å². The second-order valence-corrected chi connectivity index (χ2v) is 4.85. The number of benzene rings is 1. The Hall–Kier alpha value is -2.30. The van der Waals surface area contributed by atoms with Crippen LogP contribution in [-0.2, 0) is 4.79 Å². The summed E-state index contributed by atoms with van der Waals surface area (Å²) >= 11 is 0. The van der Waals surface area contributed by atoms with Crippen LogP contribution in [0, 0.1) is 5.92 Å². The minimum atomic E-state index is -1.05. The first-order valence-corrected chi connectivity index (χ1v) is 6.85. The minimum absolute atomic E-state index is 0.178. The first kappa shape index (κ1) is 16.8. The summed E-state index contributed by atoms with van der Waals surface area (Å²) in [6, 6.07) is 4.92. The molecule has 1 rings (SSSR count). The maximum atomic E-state index is 12.1. The number of aliphatic carboxylic acids is 1. The van der Waals surface area contributed by atoms with Crippen molar-refractivity contribution < 1.29 is 19.4 Å². The molecule has 1 aromatic rings. The molecule has 0 aliphatic carbocycles. The smallest absolute Gasteiger partial charge is 0.328 e. The molecule has 0 fully saturated rings. The second-order valence-electron chi connectivity index (χ2n) is 4.85. The summed E-state index contributed by atoms with van der Waals surface area (Å²) < 4.78 is 5.15. The number of amides is 1. The van der Waals surface area contributed by atoms with Gasteiger partial charge in [-0.15, -0.1) is 0 Å². The van der Waals surface area contributed by atoms with E-state index in [0.717, 1.165) is 12.5 Å². The number of carboxylic acids is 1. The fourth-order valence-corrected chi connectivity index (χ4v) is 1.68. The molecule has 5 heteroatoms. The van der Waals surface area contributed by atoms with Crippen molar-refractivity contribution in [3.63, 3.8) is 0 Å². The predicted octanol–water partition coefficient (Wildman–Crippen LogP) is 2.57. The number of nitrogens with one attached hydrogen (secondary N) is 1. The van der Waals surface area contributed by atoms with Crippen LogP contribution >= 0.6 is 0 Å². The normalized spacial score (nSPS) is 12.1. The molecule has 0 heterocycles. The van der Waals surface area contributed by atoms with E-state index >= 15 is 0 Å². The fourth-order valence-electron chi connectivity index (χ4n) is 1.68. The van der Waals surface area contributed by atoms with Crippen LogP contribution in [-0.4, -0.2) is 30.6 Å². The summed E-state index contributed by atoms with van der Waals surface area (Å²) in [6.45, 7) is 4.75. The van der Waals surface area contributed by atoms with Gasteiger partial charge < -0.3 is 15.2 Å². The molecule has 21 heavy (non-hydrogen) atoms. The van der Waals surface area contributed by atoms with Gasteiger partial charge in [-0.3, -0.25) is 4.79 Å². The Labute approximate surface area is 124 Å². The number of carboxylic acid groups (broad SMARTS) is 1. The van der Waals surface area contributed by atoms with Crippen molar-refractivity contribution in [2.45, 2.75) is 20.3 Å². The number of hydrogen-bond donors (Lipinski definition) is 2. The lowest BCUT2D eigenvalue weighted by molar-refractivity contribution is -0.131. The van der Waals surface area contributed by atoms with E-state index in [0.29, 0.717) is 29.3 Å². The van der Waals surface area contributed by atoms with E-state index in [1.807, 2.05) is 0 Å². The van der Waals surface area contributed by atoms with Crippen LogP contribution in [0.4, 0.5) is 0 Å². The van der Waals surface area contributed by atoms with E-state index in [-0.39, 0.29) is 5.91 Å². The molecule has 0 saturated carbocycles. The lowest BCUT2D eigenvalue weighted by Crippen LogP contribution is -2.28. The van der Waals surface area contributed by atoms with Gasteiger partial charge in [0.2, 0.25) is 0 Å². The molecule has 0 aliphatic rings. The van der Waals surface area contributed by atoms with Crippen LogP contribution in [0.15, 0.2) is 24.3 Å². The number of carbonyl (C=O) groups excluding carboxylic acids is 1. The van der Waals surface area contributed by atoms with Crippen LogP contribution in [0.3, 0.4) is 0 Å². The highest BCUT2D eigenvalue weighted by molar-refractivity contribution is 5.95. The SMILES string of the molecule is CCC(C)CNC(=O)c1ccc(OC)c(C=CC(=O)O)c1. The first-order chi connectivity index (χ1) is 9.97. The Kier molecular flexibility index (Phi) is 6.46. The lowest BCUT2D eigenvalue weighted by Gasteiger charge is -2.11. The van der Waals surface area contributed by atoms with Crippen molar-refractivity contribution in [1.29, 1.82) is 0 Å². The quantitative estimate of drug-likeness (QED) is 0.757. The zero-order valence-electron chi connectivity index (χ0n) is 12.6.